The van der Waals surface area contributed by atoms with Crippen LogP contribution in [0.5, 0.6) is 11.5 Å². The number of nitrogens with one attached hydrogen (secondary N) is 1. The van der Waals surface area contributed by atoms with E-state index in [0.29, 0.717) is 5.56 Å². The number of aryl methyl sites for hydroxylation is 2. The summed E-state index contributed by atoms with van der Waals surface area (Å²) in [6.07, 6.45) is 0. The van der Waals surface area contributed by atoms with Gasteiger partial charge in [0.1, 0.15) is 17.3 Å². The molecule has 0 aromatic heterocycles. The van der Waals surface area contributed by atoms with Gasteiger partial charge in [-0.3, -0.25) is 5.41 Å². The van der Waals surface area contributed by atoms with E-state index in [1.165, 1.54) is 0 Å². The Morgan fingerprint density at radius 1 is 1.11 bits per heavy atom. The van der Waals surface area contributed by atoms with E-state index in [1.54, 1.807) is 6.07 Å². The second-order valence-corrected chi connectivity index (χ2v) is 4.31. The van der Waals surface area contributed by atoms with Crippen molar-refractivity contribution in [2.24, 2.45) is 5.73 Å². The zero-order chi connectivity index (χ0) is 13.1. The topological polar surface area (TPSA) is 59.1 Å². The first-order valence-corrected chi connectivity index (χ1v) is 5.76. The fourth-order valence-electron chi connectivity index (χ4n) is 1.74. The first kappa shape index (κ1) is 12.2. The van der Waals surface area contributed by atoms with E-state index in [-0.39, 0.29) is 5.84 Å². The molecular formula is C15H16N2O. The molecule has 0 radical (unpaired) electrons. The number of ether oxygens (including phenoxy) is 1. The molecule has 2 rings (SSSR count). The minimum atomic E-state index is 0.0696. The Bertz CT molecular complexity index is 591. The predicted molar refractivity (Wildman–Crippen MR) is 73.4 cm³/mol. The van der Waals surface area contributed by atoms with Crippen LogP contribution in [0, 0.1) is 19.3 Å². The van der Waals surface area contributed by atoms with Gasteiger partial charge in [-0.25, -0.2) is 0 Å². The van der Waals surface area contributed by atoms with Crippen LogP contribution in [-0.4, -0.2) is 5.84 Å². The molecule has 92 valence electrons. The Labute approximate surface area is 107 Å². The first-order valence-electron chi connectivity index (χ1n) is 5.76. The molecule has 0 aliphatic heterocycles. The molecular weight excluding hydrogens is 224 g/mol. The van der Waals surface area contributed by atoms with Gasteiger partial charge in [-0.1, -0.05) is 12.1 Å². The van der Waals surface area contributed by atoms with Crippen molar-refractivity contribution in [2.75, 3.05) is 0 Å². The molecule has 3 N–H and O–H groups in total. The molecule has 0 saturated heterocycles. The third-order valence-electron chi connectivity index (χ3n) is 2.70. The minimum absolute atomic E-state index is 0.0696. The van der Waals surface area contributed by atoms with E-state index in [4.69, 9.17) is 15.9 Å². The number of nitrogens with two attached hydrogens (primary N) is 1. The summed E-state index contributed by atoms with van der Waals surface area (Å²) in [5.74, 6) is 1.67. The molecule has 0 atom stereocenters. The zero-order valence-corrected chi connectivity index (χ0v) is 10.5. The molecule has 0 saturated carbocycles. The summed E-state index contributed by atoms with van der Waals surface area (Å²) >= 11 is 0. The highest BCUT2D eigenvalue weighted by atomic mass is 16.5. The number of amidine groups is 1. The summed E-state index contributed by atoms with van der Waals surface area (Å²) < 4.78 is 5.81. The molecule has 0 spiro atoms. The van der Waals surface area contributed by atoms with Crippen LogP contribution in [0.25, 0.3) is 0 Å². The molecule has 3 nitrogen and oxygen atoms in total. The van der Waals surface area contributed by atoms with E-state index in [0.717, 1.165) is 22.6 Å². The Morgan fingerprint density at radius 3 is 2.50 bits per heavy atom. The van der Waals surface area contributed by atoms with Crippen molar-refractivity contribution in [2.45, 2.75) is 13.8 Å². The molecule has 0 bridgehead atoms. The average molecular weight is 240 g/mol. The van der Waals surface area contributed by atoms with Gasteiger partial charge in [0.05, 0.1) is 0 Å². The van der Waals surface area contributed by atoms with Crippen molar-refractivity contribution < 1.29 is 4.74 Å². The maximum Gasteiger partial charge on any atom is 0.130 e. The van der Waals surface area contributed by atoms with Gasteiger partial charge in [0.2, 0.25) is 0 Å². The quantitative estimate of drug-likeness (QED) is 0.638. The molecule has 0 aliphatic rings. The van der Waals surface area contributed by atoms with E-state index in [2.05, 4.69) is 0 Å². The van der Waals surface area contributed by atoms with Crippen LogP contribution in [0.1, 0.15) is 16.7 Å². The molecule has 0 unspecified atom stereocenters. The smallest absolute Gasteiger partial charge is 0.130 e. The number of benzene rings is 2. The van der Waals surface area contributed by atoms with Gasteiger partial charge in [0.25, 0.3) is 0 Å². The van der Waals surface area contributed by atoms with Crippen molar-refractivity contribution in [3.05, 3.63) is 59.2 Å². The lowest BCUT2D eigenvalue weighted by Crippen LogP contribution is -2.11. The van der Waals surface area contributed by atoms with Crippen LogP contribution in [0.3, 0.4) is 0 Å². The zero-order valence-electron chi connectivity index (χ0n) is 10.5. The van der Waals surface area contributed by atoms with Gasteiger partial charge in [-0.15, -0.1) is 0 Å². The lowest BCUT2D eigenvalue weighted by atomic mass is 10.1. The van der Waals surface area contributed by atoms with Crippen molar-refractivity contribution in [3.8, 4) is 11.5 Å². The molecule has 0 heterocycles. The summed E-state index contributed by atoms with van der Waals surface area (Å²) in [5.41, 5.74) is 8.28. The van der Waals surface area contributed by atoms with Gasteiger partial charge < -0.3 is 10.5 Å². The fraction of sp³-hybridized carbons (Fsp3) is 0.133. The van der Waals surface area contributed by atoms with Crippen LogP contribution in [0.4, 0.5) is 0 Å². The van der Waals surface area contributed by atoms with Crippen LogP contribution < -0.4 is 10.5 Å². The van der Waals surface area contributed by atoms with Crippen LogP contribution >= 0.6 is 0 Å². The Balaban J connectivity index is 2.27. The van der Waals surface area contributed by atoms with Crippen LogP contribution in [-0.2, 0) is 0 Å². The number of hydrogen-bond donors (Lipinski definition) is 2. The van der Waals surface area contributed by atoms with Crippen molar-refractivity contribution >= 4 is 5.84 Å². The van der Waals surface area contributed by atoms with Crippen molar-refractivity contribution in [1.29, 1.82) is 5.41 Å². The minimum Gasteiger partial charge on any atom is -0.457 e. The van der Waals surface area contributed by atoms with Gasteiger partial charge in [-0.05, 0) is 55.3 Å². The maximum absolute atomic E-state index is 7.39. The largest absolute Gasteiger partial charge is 0.457 e. The van der Waals surface area contributed by atoms with Gasteiger partial charge in [0.15, 0.2) is 0 Å². The van der Waals surface area contributed by atoms with E-state index >= 15 is 0 Å². The third-order valence-corrected chi connectivity index (χ3v) is 2.70. The number of hydrogen-bond acceptors (Lipinski definition) is 2. The summed E-state index contributed by atoms with van der Waals surface area (Å²) in [7, 11) is 0. The molecule has 0 fully saturated rings. The first-order chi connectivity index (χ1) is 8.56. The molecule has 2 aromatic rings. The summed E-state index contributed by atoms with van der Waals surface area (Å²) in [5, 5.41) is 7.39. The lowest BCUT2D eigenvalue weighted by molar-refractivity contribution is 0.478. The van der Waals surface area contributed by atoms with Gasteiger partial charge in [-0.2, -0.15) is 0 Å². The van der Waals surface area contributed by atoms with Crippen LogP contribution in [0.2, 0.25) is 0 Å². The number of rotatable bonds is 3. The standard InChI is InChI=1S/C15H16N2O/c1-10-4-3-5-13(8-10)18-14-7-6-12(15(16)17)9-11(14)2/h3-9H,1-2H3,(H3,16,17). The molecule has 0 aliphatic carbocycles. The lowest BCUT2D eigenvalue weighted by Gasteiger charge is -2.10. The summed E-state index contributed by atoms with van der Waals surface area (Å²) in [4.78, 5) is 0. The molecule has 2 aromatic carbocycles. The second-order valence-electron chi connectivity index (χ2n) is 4.31. The monoisotopic (exact) mass is 240 g/mol. The van der Waals surface area contributed by atoms with Crippen molar-refractivity contribution in [1.82, 2.24) is 0 Å². The van der Waals surface area contributed by atoms with E-state index in [9.17, 15) is 0 Å². The summed E-state index contributed by atoms with van der Waals surface area (Å²) in [6, 6.07) is 13.4. The average Bonchev–Trinajstić information content (AvgIpc) is 2.31. The fourth-order valence-corrected chi connectivity index (χ4v) is 1.74. The number of nitrogen functional groups attached to an aromatic ring is 1. The van der Waals surface area contributed by atoms with E-state index in [1.807, 2.05) is 50.2 Å². The highest BCUT2D eigenvalue weighted by molar-refractivity contribution is 5.95. The maximum atomic E-state index is 7.39. The SMILES string of the molecule is Cc1cccc(Oc2ccc(C(=N)N)cc2C)c1. The van der Waals surface area contributed by atoms with Crippen molar-refractivity contribution in [3.63, 3.8) is 0 Å². The van der Waals surface area contributed by atoms with Gasteiger partial charge in [0, 0.05) is 5.56 Å². The molecule has 18 heavy (non-hydrogen) atoms. The normalized spacial score (nSPS) is 10.1. The second kappa shape index (κ2) is 4.92. The Kier molecular flexibility index (Phi) is 3.33. The predicted octanol–water partition coefficient (Wildman–Crippen LogP) is 3.38. The van der Waals surface area contributed by atoms with Crippen LogP contribution in [0.15, 0.2) is 42.5 Å². The molecule has 0 amide bonds. The molecule has 3 heteroatoms. The third kappa shape index (κ3) is 2.69. The van der Waals surface area contributed by atoms with E-state index < -0.39 is 0 Å². The Morgan fingerprint density at radius 2 is 1.89 bits per heavy atom. The summed E-state index contributed by atoms with van der Waals surface area (Å²) in [6.45, 7) is 3.97. The Hall–Kier alpha value is -2.29. The highest BCUT2D eigenvalue weighted by Gasteiger charge is 2.04. The van der Waals surface area contributed by atoms with Gasteiger partial charge >= 0.3 is 0 Å². The highest BCUT2D eigenvalue weighted by Crippen LogP contribution is 2.26.